The van der Waals surface area contributed by atoms with Crippen molar-refractivity contribution in [3.8, 4) is 5.75 Å². The summed E-state index contributed by atoms with van der Waals surface area (Å²) in [6.45, 7) is 1.18. The molecule has 1 heterocycles. The average molecular weight is 374 g/mol. The van der Waals surface area contributed by atoms with Crippen molar-refractivity contribution in [1.82, 2.24) is 4.90 Å². The van der Waals surface area contributed by atoms with Crippen molar-refractivity contribution in [2.75, 3.05) is 19.7 Å². The van der Waals surface area contributed by atoms with Gasteiger partial charge in [-0.2, -0.15) is 0 Å². The fourth-order valence-electron chi connectivity index (χ4n) is 4.04. The molecule has 1 unspecified atom stereocenters. The highest BCUT2D eigenvalue weighted by molar-refractivity contribution is 6.35. The first kappa shape index (κ1) is 17.2. The number of halogens is 1. The molecule has 26 heavy (non-hydrogen) atoms. The maximum Gasteiger partial charge on any atom is 0.307 e. The van der Waals surface area contributed by atoms with Crippen molar-refractivity contribution in [3.63, 3.8) is 0 Å². The number of carbonyl (C=O) groups excluding carboxylic acids is 1. The van der Waals surface area contributed by atoms with Gasteiger partial charge in [-0.15, -0.1) is 0 Å². The van der Waals surface area contributed by atoms with Crippen LogP contribution in [0.25, 0.3) is 10.8 Å². The molecule has 1 aliphatic heterocycles. The summed E-state index contributed by atoms with van der Waals surface area (Å²) in [7, 11) is 0. The smallest absolute Gasteiger partial charge is 0.307 e. The minimum atomic E-state index is -0.706. The number of amides is 1. The Hall–Kier alpha value is -2.27. The van der Waals surface area contributed by atoms with Gasteiger partial charge in [0.25, 0.3) is 5.91 Å². The molecule has 2 fully saturated rings. The van der Waals surface area contributed by atoms with Crippen molar-refractivity contribution in [2.24, 2.45) is 11.3 Å². The van der Waals surface area contributed by atoms with Crippen LogP contribution in [0.3, 0.4) is 0 Å². The third-order valence-corrected chi connectivity index (χ3v) is 6.11. The molecule has 4 rings (SSSR count). The zero-order chi connectivity index (χ0) is 18.3. The van der Waals surface area contributed by atoms with Gasteiger partial charge in [-0.1, -0.05) is 35.9 Å². The summed E-state index contributed by atoms with van der Waals surface area (Å²) < 4.78 is 5.77. The molecule has 1 N–H and O–H groups in total. The van der Waals surface area contributed by atoms with Crippen LogP contribution in [0.5, 0.6) is 5.75 Å². The summed E-state index contributed by atoms with van der Waals surface area (Å²) in [5.74, 6) is -0.356. The van der Waals surface area contributed by atoms with Crippen LogP contribution in [-0.2, 0) is 9.59 Å². The van der Waals surface area contributed by atoms with Gasteiger partial charge in [0.15, 0.2) is 6.61 Å². The van der Waals surface area contributed by atoms with Crippen LogP contribution in [-0.4, -0.2) is 41.6 Å². The number of ether oxygens (including phenoxy) is 1. The number of hydrogen-bond acceptors (Lipinski definition) is 3. The second-order valence-electron chi connectivity index (χ2n) is 7.22. The number of carbonyl (C=O) groups is 2. The first-order valence-electron chi connectivity index (χ1n) is 8.81. The first-order valence-corrected chi connectivity index (χ1v) is 9.19. The molecule has 1 aliphatic carbocycles. The standard InChI is InChI=1S/C20H20ClNO4/c21-16-5-6-17(14-4-2-1-3-13(14)16)26-12-18(23)22-9-7-20(8-10-22)11-15(20)19(24)25/h1-6,15H,7-12H2,(H,24,25). The SMILES string of the molecule is O=C(O)C1CC12CCN(C(=O)COc1ccc(Cl)c3ccccc13)CC2. The van der Waals surface area contributed by atoms with E-state index >= 15 is 0 Å². The molecule has 5 nitrogen and oxygen atoms in total. The Morgan fingerprint density at radius 3 is 2.50 bits per heavy atom. The topological polar surface area (TPSA) is 66.8 Å². The fraction of sp³-hybridized carbons (Fsp3) is 0.400. The number of nitrogens with zero attached hydrogens (tertiary/aromatic N) is 1. The Labute approximate surface area is 156 Å². The number of benzene rings is 2. The molecule has 1 amide bonds. The van der Waals surface area contributed by atoms with Gasteiger partial charge in [0.05, 0.1) is 5.92 Å². The van der Waals surface area contributed by atoms with Crippen LogP contribution in [0, 0.1) is 11.3 Å². The highest BCUT2D eigenvalue weighted by Gasteiger charge is 2.59. The van der Waals surface area contributed by atoms with E-state index in [9.17, 15) is 9.59 Å². The molecule has 1 saturated carbocycles. The minimum absolute atomic E-state index is 0.0268. The molecule has 2 aromatic carbocycles. The van der Waals surface area contributed by atoms with Crippen LogP contribution in [0.15, 0.2) is 36.4 Å². The van der Waals surface area contributed by atoms with E-state index < -0.39 is 5.97 Å². The van der Waals surface area contributed by atoms with Crippen molar-refractivity contribution >= 4 is 34.2 Å². The Bertz CT molecular complexity index is 873. The number of carboxylic acid groups (broad SMARTS) is 1. The zero-order valence-corrected chi connectivity index (χ0v) is 15.0. The zero-order valence-electron chi connectivity index (χ0n) is 14.3. The number of carboxylic acids is 1. The maximum absolute atomic E-state index is 12.5. The molecular weight excluding hydrogens is 354 g/mol. The molecule has 1 saturated heterocycles. The summed E-state index contributed by atoms with van der Waals surface area (Å²) in [6, 6.07) is 11.2. The summed E-state index contributed by atoms with van der Waals surface area (Å²) in [5, 5.41) is 11.6. The van der Waals surface area contributed by atoms with Gasteiger partial charge in [-0.3, -0.25) is 9.59 Å². The lowest BCUT2D eigenvalue weighted by atomic mass is 9.91. The van der Waals surface area contributed by atoms with Crippen LogP contribution in [0.1, 0.15) is 19.3 Å². The predicted molar refractivity (Wildman–Crippen MR) is 98.4 cm³/mol. The van der Waals surface area contributed by atoms with Gasteiger partial charge in [0, 0.05) is 28.9 Å². The average Bonchev–Trinajstić information content (AvgIpc) is 3.35. The largest absolute Gasteiger partial charge is 0.483 e. The molecule has 6 heteroatoms. The van der Waals surface area contributed by atoms with Gasteiger partial charge in [0.2, 0.25) is 0 Å². The normalized spacial score (nSPS) is 21.0. The Balaban J connectivity index is 1.37. The number of likely N-dealkylation sites (tertiary alicyclic amines) is 1. The van der Waals surface area contributed by atoms with E-state index in [1.54, 1.807) is 17.0 Å². The van der Waals surface area contributed by atoms with Gasteiger partial charge < -0.3 is 14.7 Å². The van der Waals surface area contributed by atoms with Crippen LogP contribution >= 0.6 is 11.6 Å². The third kappa shape index (κ3) is 3.01. The lowest BCUT2D eigenvalue weighted by Crippen LogP contribution is -2.42. The molecule has 1 atom stereocenters. The van der Waals surface area contributed by atoms with Crippen molar-refractivity contribution in [2.45, 2.75) is 19.3 Å². The van der Waals surface area contributed by atoms with Crippen molar-refractivity contribution in [3.05, 3.63) is 41.4 Å². The summed E-state index contributed by atoms with van der Waals surface area (Å²) in [6.07, 6.45) is 2.27. The molecule has 2 aromatic rings. The van der Waals surface area contributed by atoms with Crippen LogP contribution < -0.4 is 4.74 Å². The van der Waals surface area contributed by atoms with E-state index in [1.165, 1.54) is 0 Å². The van der Waals surface area contributed by atoms with E-state index in [4.69, 9.17) is 21.4 Å². The molecule has 0 radical (unpaired) electrons. The highest BCUT2D eigenvalue weighted by atomic mass is 35.5. The summed E-state index contributed by atoms with van der Waals surface area (Å²) in [5.41, 5.74) is -0.0736. The first-order chi connectivity index (χ1) is 12.5. The van der Waals surface area contributed by atoms with Gasteiger partial charge in [0.1, 0.15) is 5.75 Å². The molecule has 136 valence electrons. The monoisotopic (exact) mass is 373 g/mol. The van der Waals surface area contributed by atoms with Crippen molar-refractivity contribution < 1.29 is 19.4 Å². The lowest BCUT2D eigenvalue weighted by molar-refractivity contribution is -0.140. The van der Waals surface area contributed by atoms with E-state index in [0.717, 1.165) is 30.0 Å². The molecular formula is C20H20ClNO4. The van der Waals surface area contributed by atoms with Gasteiger partial charge in [-0.05, 0) is 36.8 Å². The summed E-state index contributed by atoms with van der Waals surface area (Å²) in [4.78, 5) is 25.4. The Kier molecular flexibility index (Phi) is 4.27. The highest BCUT2D eigenvalue weighted by Crippen LogP contribution is 2.59. The third-order valence-electron chi connectivity index (χ3n) is 5.78. The van der Waals surface area contributed by atoms with Crippen LogP contribution in [0.4, 0.5) is 0 Å². The van der Waals surface area contributed by atoms with Gasteiger partial charge in [-0.25, -0.2) is 0 Å². The number of piperidine rings is 1. The Morgan fingerprint density at radius 2 is 1.85 bits per heavy atom. The molecule has 0 bridgehead atoms. The fourth-order valence-corrected chi connectivity index (χ4v) is 4.27. The quantitative estimate of drug-likeness (QED) is 0.889. The second-order valence-corrected chi connectivity index (χ2v) is 7.63. The number of rotatable bonds is 4. The van der Waals surface area contributed by atoms with E-state index in [2.05, 4.69) is 0 Å². The second kappa shape index (κ2) is 6.47. The van der Waals surface area contributed by atoms with E-state index in [-0.39, 0.29) is 23.8 Å². The van der Waals surface area contributed by atoms with E-state index in [1.807, 2.05) is 24.3 Å². The molecule has 1 spiro atoms. The number of fused-ring (bicyclic) bond motifs is 1. The maximum atomic E-state index is 12.5. The van der Waals surface area contributed by atoms with Gasteiger partial charge >= 0.3 is 5.97 Å². The predicted octanol–water partition coefficient (Wildman–Crippen LogP) is 3.59. The number of hydrogen-bond donors (Lipinski definition) is 1. The van der Waals surface area contributed by atoms with E-state index in [0.29, 0.717) is 23.9 Å². The summed E-state index contributed by atoms with van der Waals surface area (Å²) >= 11 is 6.21. The lowest BCUT2D eigenvalue weighted by Gasteiger charge is -2.32. The molecule has 0 aromatic heterocycles. The minimum Gasteiger partial charge on any atom is -0.483 e. The van der Waals surface area contributed by atoms with Crippen LogP contribution in [0.2, 0.25) is 5.02 Å². The molecule has 2 aliphatic rings. The van der Waals surface area contributed by atoms with Crippen molar-refractivity contribution in [1.29, 1.82) is 0 Å². The Morgan fingerprint density at radius 1 is 1.15 bits per heavy atom. The number of aliphatic carboxylic acids is 1.